The van der Waals surface area contributed by atoms with E-state index in [1.165, 1.54) is 12.3 Å². The molecule has 16 heteroatoms. The highest BCUT2D eigenvalue weighted by molar-refractivity contribution is 5.98. The molecule has 6 heterocycles. The van der Waals surface area contributed by atoms with Crippen LogP contribution >= 0.6 is 0 Å². The Bertz CT molecular complexity index is 2260. The molecule has 1 fully saturated rings. The zero-order valence-corrected chi connectivity index (χ0v) is 29.7. The number of nitrogens with one attached hydrogen (secondary N) is 2. The molecular weight excluding hydrogens is 718 g/mol. The number of aliphatic hydroxyl groups excluding tert-OH is 2. The van der Waals surface area contributed by atoms with E-state index in [1.54, 1.807) is 20.3 Å². The number of hydrogen-bond donors (Lipinski definition) is 7. The lowest BCUT2D eigenvalue weighted by Crippen LogP contribution is -2.77. The summed E-state index contributed by atoms with van der Waals surface area (Å²) in [4.78, 5) is 27.3. The van der Waals surface area contributed by atoms with Gasteiger partial charge >= 0.3 is 11.9 Å². The van der Waals surface area contributed by atoms with Crippen LogP contribution in [0, 0.1) is 0 Å². The molecule has 5 aliphatic rings. The smallest absolute Gasteiger partial charge is 0.317 e. The number of aromatic amines is 1. The third-order valence-electron chi connectivity index (χ3n) is 11.5. The third kappa shape index (κ3) is 5.16. The van der Waals surface area contributed by atoms with E-state index in [0.717, 1.165) is 33.2 Å². The Hall–Kier alpha value is -5.52. The first-order valence-corrected chi connectivity index (χ1v) is 17.8. The number of carboxylic acids is 1. The molecule has 3 aromatic carbocycles. The molecule has 1 spiro atoms. The van der Waals surface area contributed by atoms with Crippen LogP contribution in [0.4, 0.5) is 0 Å². The van der Waals surface area contributed by atoms with Crippen molar-refractivity contribution in [1.82, 2.24) is 10.3 Å². The van der Waals surface area contributed by atoms with E-state index in [2.05, 4.69) is 10.3 Å². The van der Waals surface area contributed by atoms with Gasteiger partial charge in [-0.2, -0.15) is 0 Å². The maximum atomic E-state index is 12.6. The van der Waals surface area contributed by atoms with Crippen LogP contribution in [0.2, 0.25) is 0 Å². The van der Waals surface area contributed by atoms with E-state index < -0.39 is 66.4 Å². The van der Waals surface area contributed by atoms with Crippen molar-refractivity contribution in [3.05, 3.63) is 77.6 Å². The number of aromatic nitrogens is 1. The number of esters is 1. The van der Waals surface area contributed by atoms with Crippen molar-refractivity contribution in [3.63, 3.8) is 0 Å². The first kappa shape index (κ1) is 35.2. The fourth-order valence-electron chi connectivity index (χ4n) is 8.80. The van der Waals surface area contributed by atoms with E-state index in [4.69, 9.17) is 38.9 Å². The van der Waals surface area contributed by atoms with Gasteiger partial charge in [-0.1, -0.05) is 24.3 Å². The minimum Gasteiger partial charge on any atom is -0.493 e. The monoisotopic (exact) mass is 757 g/mol. The van der Waals surface area contributed by atoms with Crippen LogP contribution in [0.25, 0.3) is 22.0 Å². The molecule has 288 valence electrons. The second-order valence-corrected chi connectivity index (χ2v) is 14.4. The molecule has 55 heavy (non-hydrogen) atoms. The number of ether oxygens (including phenoxy) is 7. The number of benzene rings is 3. The lowest BCUT2D eigenvalue weighted by atomic mass is 9.73. The molecule has 9 atom stereocenters. The molecule has 1 aromatic heterocycles. The van der Waals surface area contributed by atoms with Crippen LogP contribution in [-0.2, 0) is 25.5 Å². The number of carbonyl (C=O) groups is 2. The number of fused-ring (bicyclic) bond motifs is 8. The number of aliphatic carboxylic acids is 1. The summed E-state index contributed by atoms with van der Waals surface area (Å²) in [6.07, 6.45) is -5.20. The summed E-state index contributed by atoms with van der Waals surface area (Å²) in [6.45, 7) is 0.253. The zero-order chi connectivity index (χ0) is 38.4. The van der Waals surface area contributed by atoms with E-state index >= 15 is 0 Å². The third-order valence-corrected chi connectivity index (χ3v) is 11.5. The van der Waals surface area contributed by atoms with Crippen molar-refractivity contribution < 1.29 is 63.2 Å². The number of H-pyrrole nitrogens is 1. The Labute approximate surface area is 313 Å². The van der Waals surface area contributed by atoms with Gasteiger partial charge in [0.2, 0.25) is 12.0 Å². The van der Waals surface area contributed by atoms with Crippen LogP contribution in [0.5, 0.6) is 28.7 Å². The molecule has 8 N–H and O–H groups in total. The second-order valence-electron chi connectivity index (χ2n) is 14.4. The fourth-order valence-corrected chi connectivity index (χ4v) is 8.80. The Morgan fingerprint density at radius 2 is 1.87 bits per heavy atom. The summed E-state index contributed by atoms with van der Waals surface area (Å²) in [7, 11) is 3.11. The molecule has 5 aliphatic heterocycles. The first-order chi connectivity index (χ1) is 26.5. The van der Waals surface area contributed by atoms with Gasteiger partial charge < -0.3 is 69.6 Å². The van der Waals surface area contributed by atoms with Crippen molar-refractivity contribution in [1.29, 1.82) is 0 Å². The first-order valence-electron chi connectivity index (χ1n) is 17.8. The topological polar surface area (TPSA) is 234 Å². The van der Waals surface area contributed by atoms with Gasteiger partial charge in [-0.3, -0.25) is 9.59 Å². The lowest BCUT2D eigenvalue weighted by Gasteiger charge is -2.55. The molecule has 0 saturated carbocycles. The van der Waals surface area contributed by atoms with Crippen LogP contribution in [0.1, 0.15) is 41.6 Å². The highest BCUT2D eigenvalue weighted by Gasteiger charge is 2.66. The second kappa shape index (κ2) is 12.8. The van der Waals surface area contributed by atoms with Gasteiger partial charge in [-0.25, -0.2) is 0 Å². The standard InChI is InChI=1S/C39H39N3O13/c1-49-23-8-7-18-21-16-51-25-13-24-19(28(20-15-42-22-6-4-3-5-17(20)22)29(25)30(21)54-31(18)32(23)50-2)9-10-38(48)33(46)34(47)39(55-37(38)52-24)11-12-41-36(40)35(39)53-27(45)14-26(43)44/h3-8,11-13,15,21,30,33-37,41-42,46-48H,9-10,14,16,40H2,1-2H3,(H,43,44). The number of aliphatic hydroxyl groups is 3. The normalized spacial score (nSPS) is 31.2. The number of carbonyl (C=O) groups excluding carboxylic acids is 1. The summed E-state index contributed by atoms with van der Waals surface area (Å²) < 4.78 is 43.1. The van der Waals surface area contributed by atoms with Gasteiger partial charge in [-0.15, -0.1) is 0 Å². The van der Waals surface area contributed by atoms with Crippen LogP contribution < -0.4 is 34.7 Å². The largest absolute Gasteiger partial charge is 0.493 e. The van der Waals surface area contributed by atoms with E-state index in [1.807, 2.05) is 42.6 Å². The van der Waals surface area contributed by atoms with Gasteiger partial charge in [0.05, 0.1) is 26.7 Å². The highest BCUT2D eigenvalue weighted by Crippen LogP contribution is 2.60. The predicted octanol–water partition coefficient (Wildman–Crippen LogP) is 2.12. The van der Waals surface area contributed by atoms with Gasteiger partial charge in [-0.05, 0) is 37.3 Å². The summed E-state index contributed by atoms with van der Waals surface area (Å²) in [5, 5.41) is 48.7. The molecule has 1 saturated heterocycles. The van der Waals surface area contributed by atoms with Gasteiger partial charge in [0.15, 0.2) is 28.8 Å². The molecule has 0 bridgehead atoms. The SMILES string of the molecule is COc1ccc2c(c1OC)OC1c3c(cc4c(c3-c3c[nH]c5ccccc35)CCC3(O)C(O4)OC4(C=CNC(N)C4OC(=O)CC(=O)O)C(O)C3O)OCC21. The van der Waals surface area contributed by atoms with Crippen LogP contribution in [-0.4, -0.2) is 100 Å². The lowest BCUT2D eigenvalue weighted by molar-refractivity contribution is -0.354. The maximum Gasteiger partial charge on any atom is 0.317 e. The summed E-state index contributed by atoms with van der Waals surface area (Å²) >= 11 is 0. The molecular formula is C39H39N3O13. The van der Waals surface area contributed by atoms with Crippen molar-refractivity contribution in [2.75, 3.05) is 20.8 Å². The average molecular weight is 758 g/mol. The van der Waals surface area contributed by atoms with Gasteiger partial charge in [0.25, 0.3) is 0 Å². The zero-order valence-electron chi connectivity index (χ0n) is 29.7. The number of carboxylic acid groups (broad SMARTS) is 1. The van der Waals surface area contributed by atoms with Crippen molar-refractivity contribution in [2.24, 2.45) is 5.73 Å². The predicted molar refractivity (Wildman–Crippen MR) is 191 cm³/mol. The summed E-state index contributed by atoms with van der Waals surface area (Å²) in [5.74, 6) is -0.554. The quantitative estimate of drug-likeness (QED) is 0.110. The van der Waals surface area contributed by atoms with Crippen molar-refractivity contribution in [2.45, 2.75) is 73.3 Å². The Morgan fingerprint density at radius 1 is 1.05 bits per heavy atom. The Morgan fingerprint density at radius 3 is 2.65 bits per heavy atom. The van der Waals surface area contributed by atoms with E-state index in [0.29, 0.717) is 28.6 Å². The summed E-state index contributed by atoms with van der Waals surface area (Å²) in [6, 6.07) is 13.3. The van der Waals surface area contributed by atoms with Gasteiger partial charge in [0, 0.05) is 51.0 Å². The van der Waals surface area contributed by atoms with Crippen LogP contribution in [0.3, 0.4) is 0 Å². The number of rotatable bonds is 6. The molecule has 9 unspecified atom stereocenters. The molecule has 16 nitrogen and oxygen atoms in total. The van der Waals surface area contributed by atoms with Crippen molar-refractivity contribution >= 4 is 22.8 Å². The number of nitrogens with two attached hydrogens (primary N) is 1. The minimum absolute atomic E-state index is 0.139. The van der Waals surface area contributed by atoms with Gasteiger partial charge in [0.1, 0.15) is 42.4 Å². The Kier molecular flexibility index (Phi) is 8.18. The maximum absolute atomic E-state index is 12.6. The molecule has 0 amide bonds. The number of hydrogen-bond acceptors (Lipinski definition) is 14. The highest BCUT2D eigenvalue weighted by atomic mass is 16.7. The number of methoxy groups -OCH3 is 2. The van der Waals surface area contributed by atoms with Crippen molar-refractivity contribution in [3.8, 4) is 39.9 Å². The summed E-state index contributed by atoms with van der Waals surface area (Å²) in [5.41, 5.74) is 6.72. The minimum atomic E-state index is -2.20. The molecule has 0 aliphatic carbocycles. The van der Waals surface area contributed by atoms with E-state index in [9.17, 15) is 30.0 Å². The van der Waals surface area contributed by atoms with Crippen LogP contribution in [0.15, 0.2) is 60.9 Å². The molecule has 9 rings (SSSR count). The Balaban J connectivity index is 1.18. The van der Waals surface area contributed by atoms with E-state index in [-0.39, 0.29) is 31.1 Å². The molecule has 4 aromatic rings. The number of para-hydroxylation sites is 1. The molecule has 0 radical (unpaired) electrons. The average Bonchev–Trinajstić information content (AvgIpc) is 3.73. The fraction of sp³-hybridized carbons (Fsp3) is 0.385.